The van der Waals surface area contributed by atoms with Crippen LogP contribution in [0, 0.1) is 0 Å². The average Bonchev–Trinajstić information content (AvgIpc) is 2.48. The minimum Gasteiger partial charge on any atom is -0.497 e. The SMILES string of the molecule is COc1ccc(C(=O)CC(=O)c2cccnc2)cc1. The summed E-state index contributed by atoms with van der Waals surface area (Å²) in [5.41, 5.74) is 0.947. The Kier molecular flexibility index (Phi) is 4.03. The molecular weight excluding hydrogens is 242 g/mol. The third kappa shape index (κ3) is 3.25. The van der Waals surface area contributed by atoms with Gasteiger partial charge in [0.1, 0.15) is 5.75 Å². The summed E-state index contributed by atoms with van der Waals surface area (Å²) < 4.78 is 5.01. The number of aromatic nitrogens is 1. The highest BCUT2D eigenvalue weighted by molar-refractivity contribution is 6.13. The maximum atomic E-state index is 11.9. The van der Waals surface area contributed by atoms with Crippen LogP contribution < -0.4 is 4.74 Å². The minimum atomic E-state index is -0.228. The molecule has 19 heavy (non-hydrogen) atoms. The van der Waals surface area contributed by atoms with E-state index in [9.17, 15) is 9.59 Å². The van der Waals surface area contributed by atoms with E-state index in [1.54, 1.807) is 49.7 Å². The molecule has 0 saturated heterocycles. The largest absolute Gasteiger partial charge is 0.497 e. The van der Waals surface area contributed by atoms with E-state index in [1.165, 1.54) is 6.20 Å². The molecule has 0 fully saturated rings. The van der Waals surface area contributed by atoms with Crippen LogP contribution in [0.2, 0.25) is 0 Å². The fraction of sp³-hybridized carbons (Fsp3) is 0.133. The van der Waals surface area contributed by atoms with Crippen molar-refractivity contribution in [3.63, 3.8) is 0 Å². The fourth-order valence-electron chi connectivity index (χ4n) is 1.65. The van der Waals surface area contributed by atoms with Crippen LogP contribution in [0.5, 0.6) is 5.75 Å². The van der Waals surface area contributed by atoms with Crippen molar-refractivity contribution in [3.05, 3.63) is 59.9 Å². The zero-order valence-electron chi connectivity index (χ0n) is 10.5. The summed E-state index contributed by atoms with van der Waals surface area (Å²) in [6.07, 6.45) is 2.89. The first-order valence-corrected chi connectivity index (χ1v) is 5.81. The van der Waals surface area contributed by atoms with E-state index >= 15 is 0 Å². The van der Waals surface area contributed by atoms with Crippen LogP contribution in [0.1, 0.15) is 27.1 Å². The topological polar surface area (TPSA) is 56.3 Å². The van der Waals surface area contributed by atoms with Gasteiger partial charge in [0, 0.05) is 23.5 Å². The summed E-state index contributed by atoms with van der Waals surface area (Å²) in [4.78, 5) is 27.7. The first-order chi connectivity index (χ1) is 9.20. The molecule has 0 unspecified atom stereocenters. The van der Waals surface area contributed by atoms with Crippen molar-refractivity contribution < 1.29 is 14.3 Å². The van der Waals surface area contributed by atoms with E-state index in [0.29, 0.717) is 16.9 Å². The van der Waals surface area contributed by atoms with Crippen LogP contribution in [0.15, 0.2) is 48.8 Å². The lowest BCUT2D eigenvalue weighted by molar-refractivity contribution is 0.0894. The summed E-state index contributed by atoms with van der Waals surface area (Å²) in [5.74, 6) is 0.237. The minimum absolute atomic E-state index is 0.155. The lowest BCUT2D eigenvalue weighted by Gasteiger charge is -2.03. The standard InChI is InChI=1S/C15H13NO3/c1-19-13-6-4-11(5-7-13)14(17)9-15(18)12-3-2-8-16-10-12/h2-8,10H,9H2,1H3. The fourth-order valence-corrected chi connectivity index (χ4v) is 1.65. The van der Waals surface area contributed by atoms with Crippen LogP contribution in [-0.4, -0.2) is 23.7 Å². The van der Waals surface area contributed by atoms with Gasteiger partial charge in [0.15, 0.2) is 11.6 Å². The third-order valence-electron chi connectivity index (χ3n) is 2.72. The summed E-state index contributed by atoms with van der Waals surface area (Å²) >= 11 is 0. The van der Waals surface area contributed by atoms with Gasteiger partial charge >= 0.3 is 0 Å². The number of ether oxygens (including phenoxy) is 1. The van der Waals surface area contributed by atoms with Gasteiger partial charge < -0.3 is 4.74 Å². The summed E-state index contributed by atoms with van der Waals surface area (Å²) in [5, 5.41) is 0. The van der Waals surface area contributed by atoms with Crippen molar-refractivity contribution in [2.75, 3.05) is 7.11 Å². The van der Waals surface area contributed by atoms with E-state index in [4.69, 9.17) is 4.74 Å². The first kappa shape index (κ1) is 13.0. The molecule has 0 spiro atoms. The Labute approximate surface area is 111 Å². The number of pyridine rings is 1. The Morgan fingerprint density at radius 3 is 2.32 bits per heavy atom. The van der Waals surface area contributed by atoms with Crippen molar-refractivity contribution in [2.45, 2.75) is 6.42 Å². The Bertz CT molecular complexity index is 576. The molecule has 2 rings (SSSR count). The highest BCUT2D eigenvalue weighted by Crippen LogP contribution is 2.13. The molecule has 0 saturated carbocycles. The van der Waals surface area contributed by atoms with Crippen LogP contribution >= 0.6 is 0 Å². The molecule has 0 N–H and O–H groups in total. The molecule has 0 radical (unpaired) electrons. The molecule has 0 aliphatic heterocycles. The van der Waals surface area contributed by atoms with Gasteiger partial charge in [0.05, 0.1) is 13.5 Å². The number of rotatable bonds is 5. The first-order valence-electron chi connectivity index (χ1n) is 5.81. The molecule has 4 nitrogen and oxygen atoms in total. The number of carbonyl (C=O) groups excluding carboxylic acids is 2. The Hall–Kier alpha value is -2.49. The predicted molar refractivity (Wildman–Crippen MR) is 70.5 cm³/mol. The third-order valence-corrected chi connectivity index (χ3v) is 2.72. The second kappa shape index (κ2) is 5.91. The van der Waals surface area contributed by atoms with E-state index in [1.807, 2.05) is 0 Å². The zero-order valence-corrected chi connectivity index (χ0v) is 10.5. The van der Waals surface area contributed by atoms with Gasteiger partial charge in [-0.3, -0.25) is 14.6 Å². The number of nitrogens with zero attached hydrogens (tertiary/aromatic N) is 1. The molecule has 0 aliphatic rings. The number of benzene rings is 1. The van der Waals surface area contributed by atoms with Crippen molar-refractivity contribution in [1.82, 2.24) is 4.98 Å². The molecule has 1 aromatic heterocycles. The molecule has 0 bridgehead atoms. The molecule has 0 aliphatic carbocycles. The zero-order chi connectivity index (χ0) is 13.7. The molecule has 1 aromatic carbocycles. The molecule has 4 heteroatoms. The second-order valence-electron chi connectivity index (χ2n) is 3.99. The predicted octanol–water partition coefficient (Wildman–Crippen LogP) is 2.55. The molecular formula is C15H13NO3. The number of ketones is 2. The van der Waals surface area contributed by atoms with Crippen LogP contribution in [0.25, 0.3) is 0 Å². The lowest BCUT2D eigenvalue weighted by Crippen LogP contribution is -2.08. The van der Waals surface area contributed by atoms with Crippen LogP contribution in [0.3, 0.4) is 0 Å². The van der Waals surface area contributed by atoms with Gasteiger partial charge in [-0.25, -0.2) is 0 Å². The lowest BCUT2D eigenvalue weighted by atomic mass is 10.0. The highest BCUT2D eigenvalue weighted by Gasteiger charge is 2.13. The Morgan fingerprint density at radius 2 is 1.74 bits per heavy atom. The Balaban J connectivity index is 2.06. The maximum Gasteiger partial charge on any atom is 0.172 e. The monoisotopic (exact) mass is 255 g/mol. The average molecular weight is 255 g/mol. The second-order valence-corrected chi connectivity index (χ2v) is 3.99. The normalized spacial score (nSPS) is 9.95. The molecule has 0 amide bonds. The summed E-state index contributed by atoms with van der Waals surface area (Å²) in [7, 11) is 1.56. The molecule has 96 valence electrons. The van der Waals surface area contributed by atoms with E-state index < -0.39 is 0 Å². The van der Waals surface area contributed by atoms with Crippen LogP contribution in [0.4, 0.5) is 0 Å². The maximum absolute atomic E-state index is 11.9. The number of Topliss-reactive ketones (excluding diaryl/α,β-unsaturated/α-hetero) is 2. The van der Waals surface area contributed by atoms with Gasteiger partial charge in [-0.05, 0) is 36.4 Å². The van der Waals surface area contributed by atoms with Gasteiger partial charge in [-0.15, -0.1) is 0 Å². The van der Waals surface area contributed by atoms with Gasteiger partial charge in [0.2, 0.25) is 0 Å². The summed E-state index contributed by atoms with van der Waals surface area (Å²) in [6.45, 7) is 0. The van der Waals surface area contributed by atoms with Crippen LogP contribution in [-0.2, 0) is 0 Å². The van der Waals surface area contributed by atoms with E-state index in [-0.39, 0.29) is 18.0 Å². The highest BCUT2D eigenvalue weighted by atomic mass is 16.5. The van der Waals surface area contributed by atoms with Gasteiger partial charge in [-0.1, -0.05) is 0 Å². The number of hydrogen-bond acceptors (Lipinski definition) is 4. The van der Waals surface area contributed by atoms with E-state index in [0.717, 1.165) is 0 Å². The molecule has 1 heterocycles. The van der Waals surface area contributed by atoms with Crippen molar-refractivity contribution in [3.8, 4) is 5.75 Å². The van der Waals surface area contributed by atoms with E-state index in [2.05, 4.69) is 4.98 Å². The Morgan fingerprint density at radius 1 is 1.05 bits per heavy atom. The van der Waals surface area contributed by atoms with Gasteiger partial charge in [0.25, 0.3) is 0 Å². The number of carbonyl (C=O) groups is 2. The van der Waals surface area contributed by atoms with Gasteiger partial charge in [-0.2, -0.15) is 0 Å². The van der Waals surface area contributed by atoms with Crippen molar-refractivity contribution in [2.24, 2.45) is 0 Å². The van der Waals surface area contributed by atoms with Crippen molar-refractivity contribution in [1.29, 1.82) is 0 Å². The van der Waals surface area contributed by atoms with Crippen molar-refractivity contribution >= 4 is 11.6 Å². The quantitative estimate of drug-likeness (QED) is 0.608. The number of hydrogen-bond donors (Lipinski definition) is 0. The number of methoxy groups -OCH3 is 1. The summed E-state index contributed by atoms with van der Waals surface area (Å²) in [6, 6.07) is 10.0. The smallest absolute Gasteiger partial charge is 0.172 e. The molecule has 2 aromatic rings. The molecule has 0 atom stereocenters.